The molecule has 1 aliphatic rings. The summed E-state index contributed by atoms with van der Waals surface area (Å²) in [4.78, 5) is 2.61. The lowest BCUT2D eigenvalue weighted by Crippen LogP contribution is -2.30. The van der Waals surface area contributed by atoms with E-state index in [-0.39, 0.29) is 0 Å². The number of nitrogens with one attached hydrogen (secondary N) is 1. The standard InChI is InChI=1S/C17H27BrN2/c1-4-16-6-5-9-20(16)17-8-7-15(18)10-14(17)12-19-11-13(2)3/h7-8,10,13,16,19H,4-6,9,11-12H2,1-3H3. The van der Waals surface area contributed by atoms with Crippen molar-refractivity contribution in [3.05, 3.63) is 28.2 Å². The van der Waals surface area contributed by atoms with E-state index < -0.39 is 0 Å². The zero-order chi connectivity index (χ0) is 14.5. The maximum atomic E-state index is 3.61. The van der Waals surface area contributed by atoms with E-state index in [1.165, 1.54) is 41.5 Å². The smallest absolute Gasteiger partial charge is 0.0415 e. The van der Waals surface area contributed by atoms with Crippen LogP contribution < -0.4 is 10.2 Å². The van der Waals surface area contributed by atoms with Gasteiger partial charge in [-0.15, -0.1) is 0 Å². The zero-order valence-corrected chi connectivity index (χ0v) is 14.5. The van der Waals surface area contributed by atoms with Gasteiger partial charge in [-0.05, 0) is 55.5 Å². The predicted molar refractivity (Wildman–Crippen MR) is 91.3 cm³/mol. The minimum Gasteiger partial charge on any atom is -0.368 e. The van der Waals surface area contributed by atoms with E-state index in [0.717, 1.165) is 19.1 Å². The highest BCUT2D eigenvalue weighted by Gasteiger charge is 2.24. The highest BCUT2D eigenvalue weighted by Crippen LogP contribution is 2.31. The van der Waals surface area contributed by atoms with Crippen LogP contribution >= 0.6 is 15.9 Å². The molecule has 0 amide bonds. The average Bonchev–Trinajstić information content (AvgIpc) is 2.86. The molecule has 1 aliphatic heterocycles. The third-order valence-corrected chi connectivity index (χ3v) is 4.56. The highest BCUT2D eigenvalue weighted by molar-refractivity contribution is 9.10. The van der Waals surface area contributed by atoms with Crippen LogP contribution in [-0.2, 0) is 6.54 Å². The summed E-state index contributed by atoms with van der Waals surface area (Å²) < 4.78 is 1.18. The van der Waals surface area contributed by atoms with Crippen molar-refractivity contribution in [1.29, 1.82) is 0 Å². The molecule has 1 N–H and O–H groups in total. The summed E-state index contributed by atoms with van der Waals surface area (Å²) in [6.45, 7) is 10.0. The molecule has 0 radical (unpaired) electrons. The Bertz CT molecular complexity index is 431. The summed E-state index contributed by atoms with van der Waals surface area (Å²) >= 11 is 3.61. The van der Waals surface area contributed by atoms with Gasteiger partial charge in [0, 0.05) is 29.3 Å². The van der Waals surface area contributed by atoms with Crippen LogP contribution in [0.15, 0.2) is 22.7 Å². The Labute approximate surface area is 132 Å². The van der Waals surface area contributed by atoms with Crippen molar-refractivity contribution in [3.63, 3.8) is 0 Å². The van der Waals surface area contributed by atoms with Gasteiger partial charge in [0.05, 0.1) is 0 Å². The Balaban J connectivity index is 2.14. The Morgan fingerprint density at radius 2 is 2.20 bits per heavy atom. The molecule has 20 heavy (non-hydrogen) atoms. The third-order valence-electron chi connectivity index (χ3n) is 4.07. The maximum absolute atomic E-state index is 3.61. The van der Waals surface area contributed by atoms with Gasteiger partial charge < -0.3 is 10.2 Å². The number of hydrogen-bond donors (Lipinski definition) is 1. The van der Waals surface area contributed by atoms with Crippen LogP contribution in [0.4, 0.5) is 5.69 Å². The minimum absolute atomic E-state index is 0.695. The summed E-state index contributed by atoms with van der Waals surface area (Å²) in [5.41, 5.74) is 2.84. The van der Waals surface area contributed by atoms with Crippen molar-refractivity contribution in [2.24, 2.45) is 5.92 Å². The normalized spacial score (nSPS) is 19.1. The van der Waals surface area contributed by atoms with E-state index in [9.17, 15) is 0 Å². The molecule has 0 bridgehead atoms. The Morgan fingerprint density at radius 1 is 1.40 bits per heavy atom. The molecule has 0 aromatic heterocycles. The molecule has 0 aliphatic carbocycles. The molecule has 2 nitrogen and oxygen atoms in total. The maximum Gasteiger partial charge on any atom is 0.0415 e. The Morgan fingerprint density at radius 3 is 2.90 bits per heavy atom. The monoisotopic (exact) mass is 338 g/mol. The lowest BCUT2D eigenvalue weighted by Gasteiger charge is -2.28. The van der Waals surface area contributed by atoms with Gasteiger partial charge in [0.25, 0.3) is 0 Å². The van der Waals surface area contributed by atoms with Gasteiger partial charge in [0.15, 0.2) is 0 Å². The molecule has 1 aromatic carbocycles. The predicted octanol–water partition coefficient (Wildman–Crippen LogP) is 4.57. The van der Waals surface area contributed by atoms with Gasteiger partial charge in [0.2, 0.25) is 0 Å². The largest absolute Gasteiger partial charge is 0.368 e. The highest BCUT2D eigenvalue weighted by atomic mass is 79.9. The molecule has 1 heterocycles. The van der Waals surface area contributed by atoms with Gasteiger partial charge in [-0.25, -0.2) is 0 Å². The number of halogens is 1. The topological polar surface area (TPSA) is 15.3 Å². The van der Waals surface area contributed by atoms with Crippen LogP contribution in [0.2, 0.25) is 0 Å². The van der Waals surface area contributed by atoms with Crippen molar-refractivity contribution >= 4 is 21.6 Å². The first-order valence-electron chi connectivity index (χ1n) is 7.87. The van der Waals surface area contributed by atoms with Crippen molar-refractivity contribution in [1.82, 2.24) is 5.32 Å². The lowest BCUT2D eigenvalue weighted by molar-refractivity contribution is 0.551. The number of benzene rings is 1. The SMILES string of the molecule is CCC1CCCN1c1ccc(Br)cc1CNCC(C)C. The number of hydrogen-bond acceptors (Lipinski definition) is 2. The number of anilines is 1. The number of rotatable bonds is 6. The minimum atomic E-state index is 0.695. The molecule has 1 fully saturated rings. The lowest BCUT2D eigenvalue weighted by atomic mass is 10.1. The van der Waals surface area contributed by atoms with Crippen molar-refractivity contribution in [3.8, 4) is 0 Å². The second kappa shape index (κ2) is 7.46. The molecule has 2 rings (SSSR count). The van der Waals surface area contributed by atoms with Gasteiger partial charge in [0.1, 0.15) is 0 Å². The fourth-order valence-corrected chi connectivity index (χ4v) is 3.46. The first kappa shape index (κ1) is 15.8. The first-order valence-corrected chi connectivity index (χ1v) is 8.67. The van der Waals surface area contributed by atoms with Gasteiger partial charge >= 0.3 is 0 Å². The van der Waals surface area contributed by atoms with Gasteiger partial charge in [-0.2, -0.15) is 0 Å². The van der Waals surface area contributed by atoms with Crippen LogP contribution in [0.25, 0.3) is 0 Å². The van der Waals surface area contributed by atoms with E-state index in [1.807, 2.05) is 0 Å². The van der Waals surface area contributed by atoms with Crippen LogP contribution in [-0.4, -0.2) is 19.1 Å². The second-order valence-corrected chi connectivity index (χ2v) is 7.11. The van der Waals surface area contributed by atoms with E-state index in [4.69, 9.17) is 0 Å². The quantitative estimate of drug-likeness (QED) is 0.816. The Hall–Kier alpha value is -0.540. The summed E-state index contributed by atoms with van der Waals surface area (Å²) in [5.74, 6) is 0.695. The molecule has 0 saturated carbocycles. The summed E-state index contributed by atoms with van der Waals surface area (Å²) in [7, 11) is 0. The first-order chi connectivity index (χ1) is 9.61. The molecular formula is C17H27BrN2. The van der Waals surface area contributed by atoms with E-state index in [2.05, 4.69) is 65.1 Å². The van der Waals surface area contributed by atoms with Crippen molar-refractivity contribution in [2.75, 3.05) is 18.0 Å². The van der Waals surface area contributed by atoms with Crippen molar-refractivity contribution < 1.29 is 0 Å². The van der Waals surface area contributed by atoms with Crippen LogP contribution in [0.3, 0.4) is 0 Å². The fraction of sp³-hybridized carbons (Fsp3) is 0.647. The molecule has 3 heteroatoms. The Kier molecular flexibility index (Phi) is 5.91. The molecule has 1 saturated heterocycles. The average molecular weight is 339 g/mol. The fourth-order valence-electron chi connectivity index (χ4n) is 3.05. The van der Waals surface area contributed by atoms with E-state index in [0.29, 0.717) is 5.92 Å². The van der Waals surface area contributed by atoms with Gasteiger partial charge in [-0.3, -0.25) is 0 Å². The molecule has 1 atom stereocenters. The third kappa shape index (κ3) is 3.98. The molecule has 1 aromatic rings. The van der Waals surface area contributed by atoms with Crippen LogP contribution in [0.5, 0.6) is 0 Å². The van der Waals surface area contributed by atoms with Crippen LogP contribution in [0, 0.1) is 5.92 Å². The zero-order valence-electron chi connectivity index (χ0n) is 13.0. The summed E-state index contributed by atoms with van der Waals surface area (Å²) in [5, 5.41) is 3.58. The summed E-state index contributed by atoms with van der Waals surface area (Å²) in [6, 6.07) is 7.45. The molecular weight excluding hydrogens is 312 g/mol. The molecule has 0 spiro atoms. The van der Waals surface area contributed by atoms with Crippen LogP contribution in [0.1, 0.15) is 45.6 Å². The number of nitrogens with zero attached hydrogens (tertiary/aromatic N) is 1. The van der Waals surface area contributed by atoms with E-state index >= 15 is 0 Å². The summed E-state index contributed by atoms with van der Waals surface area (Å²) in [6.07, 6.45) is 3.91. The molecule has 1 unspecified atom stereocenters. The van der Waals surface area contributed by atoms with E-state index in [1.54, 1.807) is 0 Å². The van der Waals surface area contributed by atoms with Gasteiger partial charge in [-0.1, -0.05) is 36.7 Å². The molecule has 112 valence electrons. The van der Waals surface area contributed by atoms with Crippen molar-refractivity contribution in [2.45, 2.75) is 52.6 Å². The second-order valence-electron chi connectivity index (χ2n) is 6.20.